The fourth-order valence-electron chi connectivity index (χ4n) is 2.30. The molecule has 0 aliphatic rings. The number of nitro benzene ring substituents is 1. The van der Waals surface area contributed by atoms with Crippen LogP contribution in [0.15, 0.2) is 51.5 Å². The SMILES string of the molecule is CCS(=O)(=O)c1nsc(NC(=O)C(C#N)=Cc2ccc(-c3ccc([N+](=O)[O-])cc3)o2)n1. The molecule has 0 unspecified atom stereocenters. The van der Waals surface area contributed by atoms with E-state index in [9.17, 15) is 28.6 Å². The number of non-ortho nitro benzene ring substituents is 1. The molecule has 1 aromatic carbocycles. The molecule has 158 valence electrons. The van der Waals surface area contributed by atoms with Gasteiger partial charge in [-0.25, -0.2) is 8.42 Å². The average molecular weight is 459 g/mol. The number of benzene rings is 1. The van der Waals surface area contributed by atoms with Crippen LogP contribution in [0.5, 0.6) is 0 Å². The lowest BCUT2D eigenvalue weighted by molar-refractivity contribution is -0.384. The van der Waals surface area contributed by atoms with Crippen molar-refractivity contribution in [1.29, 1.82) is 5.26 Å². The van der Waals surface area contributed by atoms with Gasteiger partial charge in [0, 0.05) is 35.3 Å². The van der Waals surface area contributed by atoms with Crippen LogP contribution in [0.2, 0.25) is 0 Å². The summed E-state index contributed by atoms with van der Waals surface area (Å²) in [5.74, 6) is -0.410. The third-order valence-corrected chi connectivity index (χ3v) is 6.17. The van der Waals surface area contributed by atoms with Gasteiger partial charge in [0.25, 0.3) is 16.8 Å². The molecule has 0 aliphatic heterocycles. The van der Waals surface area contributed by atoms with Gasteiger partial charge < -0.3 is 4.42 Å². The van der Waals surface area contributed by atoms with Crippen LogP contribution in [0.1, 0.15) is 12.7 Å². The topological polar surface area (TPSA) is 169 Å². The molecule has 11 nitrogen and oxygen atoms in total. The lowest BCUT2D eigenvalue weighted by Crippen LogP contribution is -2.13. The number of nitrogens with one attached hydrogen (secondary N) is 1. The Morgan fingerprint density at radius 3 is 2.65 bits per heavy atom. The van der Waals surface area contributed by atoms with Crippen molar-refractivity contribution in [2.45, 2.75) is 12.1 Å². The number of sulfone groups is 1. The fraction of sp³-hybridized carbons (Fsp3) is 0.111. The van der Waals surface area contributed by atoms with Gasteiger partial charge in [0.05, 0.1) is 10.7 Å². The van der Waals surface area contributed by atoms with Crippen LogP contribution in [-0.2, 0) is 14.6 Å². The minimum Gasteiger partial charge on any atom is -0.457 e. The molecule has 1 amide bonds. The largest absolute Gasteiger partial charge is 0.457 e. The van der Waals surface area contributed by atoms with Crippen LogP contribution in [0.4, 0.5) is 10.8 Å². The summed E-state index contributed by atoms with van der Waals surface area (Å²) in [4.78, 5) is 26.3. The Bertz CT molecular complexity index is 1320. The molecule has 0 saturated heterocycles. The molecule has 0 saturated carbocycles. The van der Waals surface area contributed by atoms with Gasteiger partial charge in [-0.15, -0.1) is 0 Å². The van der Waals surface area contributed by atoms with Crippen molar-refractivity contribution >= 4 is 44.2 Å². The molecule has 0 spiro atoms. The number of amides is 1. The van der Waals surface area contributed by atoms with Crippen molar-refractivity contribution in [3.8, 4) is 17.4 Å². The van der Waals surface area contributed by atoms with Gasteiger partial charge >= 0.3 is 0 Å². The standard InChI is InChI=1S/C18H13N5O6S2/c1-2-31(27,28)18-21-17(30-22-18)20-16(24)12(10-19)9-14-7-8-15(29-14)11-3-5-13(6-4-11)23(25)26/h3-9H,2H2,1H3,(H,20,21,22,24). The van der Waals surface area contributed by atoms with Crippen LogP contribution < -0.4 is 5.32 Å². The quantitative estimate of drug-likeness (QED) is 0.241. The van der Waals surface area contributed by atoms with E-state index < -0.39 is 25.8 Å². The summed E-state index contributed by atoms with van der Waals surface area (Å²) >= 11 is 0.679. The van der Waals surface area contributed by atoms with Gasteiger partial charge in [0.2, 0.25) is 15.0 Å². The molecule has 3 rings (SSSR count). The Labute approximate surface area is 179 Å². The number of hydrogen-bond donors (Lipinski definition) is 1. The molecular weight excluding hydrogens is 446 g/mol. The first-order chi connectivity index (χ1) is 14.7. The number of aromatic nitrogens is 2. The Balaban J connectivity index is 1.77. The van der Waals surface area contributed by atoms with Crippen molar-refractivity contribution in [2.75, 3.05) is 11.1 Å². The zero-order valence-electron chi connectivity index (χ0n) is 15.8. The van der Waals surface area contributed by atoms with E-state index in [1.165, 1.54) is 43.3 Å². The summed E-state index contributed by atoms with van der Waals surface area (Å²) in [6.07, 6.45) is 1.20. The second kappa shape index (κ2) is 8.86. The Kier molecular flexibility index (Phi) is 6.23. The van der Waals surface area contributed by atoms with Crippen LogP contribution in [-0.4, -0.2) is 34.4 Å². The summed E-state index contributed by atoms with van der Waals surface area (Å²) in [5, 5.41) is 21.9. The highest BCUT2D eigenvalue weighted by molar-refractivity contribution is 7.91. The summed E-state index contributed by atoms with van der Waals surface area (Å²) in [5.41, 5.74) is 0.205. The highest BCUT2D eigenvalue weighted by Gasteiger charge is 2.20. The van der Waals surface area contributed by atoms with E-state index in [0.29, 0.717) is 22.9 Å². The smallest absolute Gasteiger partial charge is 0.269 e. The van der Waals surface area contributed by atoms with Gasteiger partial charge in [0.1, 0.15) is 23.2 Å². The van der Waals surface area contributed by atoms with Gasteiger partial charge in [-0.3, -0.25) is 20.2 Å². The fourth-order valence-corrected chi connectivity index (χ4v) is 3.89. The summed E-state index contributed by atoms with van der Waals surface area (Å²) in [6, 6.07) is 10.5. The number of carbonyl (C=O) groups excluding carboxylic acids is 1. The number of nitrogens with zero attached hydrogens (tertiary/aromatic N) is 4. The molecule has 0 aliphatic carbocycles. The van der Waals surface area contributed by atoms with Crippen LogP contribution in [0.3, 0.4) is 0 Å². The number of anilines is 1. The minimum atomic E-state index is -3.61. The maximum Gasteiger partial charge on any atom is 0.269 e. The highest BCUT2D eigenvalue weighted by atomic mass is 32.2. The van der Waals surface area contributed by atoms with Crippen LogP contribution in [0.25, 0.3) is 17.4 Å². The average Bonchev–Trinajstić information content (AvgIpc) is 3.42. The zero-order valence-corrected chi connectivity index (χ0v) is 17.4. The predicted molar refractivity (Wildman–Crippen MR) is 111 cm³/mol. The van der Waals surface area contributed by atoms with Gasteiger partial charge in [-0.1, -0.05) is 6.92 Å². The van der Waals surface area contributed by atoms with Gasteiger partial charge in [0.15, 0.2) is 0 Å². The highest BCUT2D eigenvalue weighted by Crippen LogP contribution is 2.25. The molecule has 0 fully saturated rings. The summed E-state index contributed by atoms with van der Waals surface area (Å²) in [6.45, 7) is 1.44. The molecule has 0 atom stereocenters. The lowest BCUT2D eigenvalue weighted by atomic mass is 10.1. The van der Waals surface area contributed by atoms with E-state index in [0.717, 1.165) is 0 Å². The first-order valence-electron chi connectivity index (χ1n) is 8.57. The molecule has 3 aromatic rings. The van der Waals surface area contributed by atoms with Gasteiger partial charge in [-0.2, -0.15) is 14.6 Å². The van der Waals surface area contributed by atoms with E-state index in [2.05, 4.69) is 14.7 Å². The number of rotatable bonds is 7. The Morgan fingerprint density at radius 2 is 2.03 bits per heavy atom. The lowest BCUT2D eigenvalue weighted by Gasteiger charge is -1.99. The molecule has 0 bridgehead atoms. The maximum atomic E-state index is 12.3. The summed E-state index contributed by atoms with van der Waals surface area (Å²) in [7, 11) is -3.61. The molecule has 2 aromatic heterocycles. The van der Waals surface area contributed by atoms with Crippen LogP contribution >= 0.6 is 11.5 Å². The molecular formula is C18H13N5O6S2. The van der Waals surface area contributed by atoms with E-state index in [1.54, 1.807) is 12.1 Å². The van der Waals surface area contributed by atoms with E-state index in [4.69, 9.17) is 4.42 Å². The normalized spacial score (nSPS) is 11.7. The third-order valence-electron chi connectivity index (χ3n) is 3.93. The van der Waals surface area contributed by atoms with Crippen molar-refractivity contribution < 1.29 is 22.6 Å². The Morgan fingerprint density at radius 1 is 1.32 bits per heavy atom. The van der Waals surface area contributed by atoms with Gasteiger partial charge in [-0.05, 0) is 24.3 Å². The number of nitro groups is 1. The number of nitriles is 1. The monoisotopic (exact) mass is 459 g/mol. The van der Waals surface area contributed by atoms with Crippen LogP contribution in [0, 0.1) is 21.4 Å². The molecule has 31 heavy (non-hydrogen) atoms. The molecule has 0 radical (unpaired) electrons. The second-order valence-corrected chi connectivity index (χ2v) is 8.84. The molecule has 13 heteroatoms. The molecule has 2 heterocycles. The first kappa shape index (κ1) is 21.8. The maximum absolute atomic E-state index is 12.3. The summed E-state index contributed by atoms with van der Waals surface area (Å²) < 4.78 is 32.8. The van der Waals surface area contributed by atoms with E-state index in [-0.39, 0.29) is 27.9 Å². The number of furan rings is 1. The van der Waals surface area contributed by atoms with Crippen molar-refractivity contribution in [1.82, 2.24) is 9.36 Å². The minimum absolute atomic E-state index is 0.0644. The van der Waals surface area contributed by atoms with E-state index >= 15 is 0 Å². The zero-order chi connectivity index (χ0) is 22.6. The van der Waals surface area contributed by atoms with Crippen molar-refractivity contribution in [3.63, 3.8) is 0 Å². The number of carbonyl (C=O) groups is 1. The number of hydrogen-bond acceptors (Lipinski definition) is 10. The van der Waals surface area contributed by atoms with Crippen molar-refractivity contribution in [2.24, 2.45) is 0 Å². The van der Waals surface area contributed by atoms with Crippen molar-refractivity contribution in [3.05, 3.63) is 57.8 Å². The Hall–Kier alpha value is -3.89. The second-order valence-electron chi connectivity index (χ2n) is 5.92. The molecule has 1 N–H and O–H groups in total. The third kappa shape index (κ3) is 5.00. The first-order valence-corrected chi connectivity index (χ1v) is 11.0. The predicted octanol–water partition coefficient (Wildman–Crippen LogP) is 3.05. The van der Waals surface area contributed by atoms with E-state index in [1.807, 2.05) is 0 Å².